The molecule has 1 N–H and O–H groups in total. The highest BCUT2D eigenvalue weighted by atomic mass is 19.1. The molecule has 20 heavy (non-hydrogen) atoms. The van der Waals surface area contributed by atoms with Crippen molar-refractivity contribution in [3.05, 3.63) is 35.1 Å². The van der Waals surface area contributed by atoms with E-state index in [4.69, 9.17) is 9.84 Å². The van der Waals surface area contributed by atoms with Crippen LogP contribution in [0.3, 0.4) is 0 Å². The van der Waals surface area contributed by atoms with Crippen LogP contribution >= 0.6 is 0 Å². The summed E-state index contributed by atoms with van der Waals surface area (Å²) < 4.78 is 18.3. The summed E-state index contributed by atoms with van der Waals surface area (Å²) in [5, 5.41) is 9.16. The predicted octanol–water partition coefficient (Wildman–Crippen LogP) is 2.77. The van der Waals surface area contributed by atoms with Gasteiger partial charge in [0.2, 0.25) is 0 Å². The summed E-state index contributed by atoms with van der Waals surface area (Å²) in [5.41, 5.74) is 0.644. The Morgan fingerprint density at radius 2 is 2.20 bits per heavy atom. The van der Waals surface area contributed by atoms with Crippen molar-refractivity contribution in [2.45, 2.75) is 32.9 Å². The van der Waals surface area contributed by atoms with Crippen molar-refractivity contribution in [1.29, 1.82) is 0 Å². The minimum Gasteiger partial charge on any atom is -0.478 e. The molecule has 0 aromatic heterocycles. The summed E-state index contributed by atoms with van der Waals surface area (Å²) in [5.74, 6) is -1.63. The van der Waals surface area contributed by atoms with Gasteiger partial charge >= 0.3 is 5.97 Å². The maximum absolute atomic E-state index is 13.2. The molecule has 0 fully saturated rings. The van der Waals surface area contributed by atoms with E-state index >= 15 is 0 Å². The zero-order chi connectivity index (χ0) is 15.1. The van der Waals surface area contributed by atoms with Gasteiger partial charge in [-0.05, 0) is 31.0 Å². The molecule has 0 aliphatic rings. The van der Waals surface area contributed by atoms with Crippen LogP contribution in [0.25, 0.3) is 0 Å². The first-order chi connectivity index (χ1) is 9.49. The number of methoxy groups -OCH3 is 1. The molecule has 1 rings (SSSR count). The lowest BCUT2D eigenvalue weighted by Crippen LogP contribution is -2.35. The molecule has 112 valence electrons. The lowest BCUT2D eigenvalue weighted by atomic mass is 10.1. The van der Waals surface area contributed by atoms with Crippen molar-refractivity contribution in [1.82, 2.24) is 4.90 Å². The monoisotopic (exact) mass is 283 g/mol. The van der Waals surface area contributed by atoms with Gasteiger partial charge in [-0.15, -0.1) is 0 Å². The van der Waals surface area contributed by atoms with E-state index in [0.717, 1.165) is 12.5 Å². The Labute approximate surface area is 119 Å². The van der Waals surface area contributed by atoms with Crippen molar-refractivity contribution < 1.29 is 19.0 Å². The summed E-state index contributed by atoms with van der Waals surface area (Å²) >= 11 is 0. The first kappa shape index (κ1) is 16.6. The van der Waals surface area contributed by atoms with Gasteiger partial charge in [0, 0.05) is 26.2 Å². The maximum atomic E-state index is 13.2. The Morgan fingerprint density at radius 1 is 1.50 bits per heavy atom. The van der Waals surface area contributed by atoms with Crippen LogP contribution in [0.2, 0.25) is 0 Å². The molecule has 0 amide bonds. The number of rotatable bonds is 8. The SMILES string of the molecule is CCC(C)N(CCOC)Cc1ccc(F)cc1C(=O)O. The van der Waals surface area contributed by atoms with Crippen LogP contribution < -0.4 is 0 Å². The average molecular weight is 283 g/mol. The van der Waals surface area contributed by atoms with Crippen LogP contribution in [-0.2, 0) is 11.3 Å². The molecular formula is C15H22FNO3. The molecule has 1 atom stereocenters. The molecule has 1 aromatic rings. The fourth-order valence-corrected chi connectivity index (χ4v) is 2.03. The van der Waals surface area contributed by atoms with Crippen molar-refractivity contribution in [3.63, 3.8) is 0 Å². The topological polar surface area (TPSA) is 49.8 Å². The standard InChI is InChI=1S/C15H22FNO3/c1-4-11(2)17(7-8-20-3)10-12-5-6-13(16)9-14(12)15(18)19/h5-6,9,11H,4,7-8,10H2,1-3H3,(H,18,19). The van der Waals surface area contributed by atoms with Gasteiger partial charge in [0.1, 0.15) is 5.82 Å². The lowest BCUT2D eigenvalue weighted by Gasteiger charge is -2.28. The third-order valence-corrected chi connectivity index (χ3v) is 3.47. The highest BCUT2D eigenvalue weighted by Gasteiger charge is 2.17. The summed E-state index contributed by atoms with van der Waals surface area (Å²) in [6.45, 7) is 5.92. The van der Waals surface area contributed by atoms with Gasteiger partial charge in [-0.2, -0.15) is 0 Å². The Kier molecular flexibility index (Phi) is 6.61. The molecular weight excluding hydrogens is 261 g/mol. The Hall–Kier alpha value is -1.46. The van der Waals surface area contributed by atoms with E-state index in [1.807, 2.05) is 0 Å². The minimum atomic E-state index is -1.10. The van der Waals surface area contributed by atoms with Gasteiger partial charge in [-0.3, -0.25) is 4.90 Å². The van der Waals surface area contributed by atoms with Crippen LogP contribution in [-0.4, -0.2) is 42.3 Å². The van der Waals surface area contributed by atoms with Crippen LogP contribution in [0, 0.1) is 5.82 Å². The summed E-state index contributed by atoms with van der Waals surface area (Å²) in [4.78, 5) is 13.3. The number of carbonyl (C=O) groups is 1. The smallest absolute Gasteiger partial charge is 0.336 e. The van der Waals surface area contributed by atoms with Crippen molar-refractivity contribution in [2.24, 2.45) is 0 Å². The second kappa shape index (κ2) is 7.97. The lowest BCUT2D eigenvalue weighted by molar-refractivity contribution is 0.0691. The van der Waals surface area contributed by atoms with Crippen molar-refractivity contribution >= 4 is 5.97 Å². The Morgan fingerprint density at radius 3 is 2.75 bits per heavy atom. The van der Waals surface area contributed by atoms with Crippen LogP contribution in [0.15, 0.2) is 18.2 Å². The Balaban J connectivity index is 2.95. The summed E-state index contributed by atoms with van der Waals surface area (Å²) in [7, 11) is 1.63. The number of benzene rings is 1. The zero-order valence-electron chi connectivity index (χ0n) is 12.2. The fourth-order valence-electron chi connectivity index (χ4n) is 2.03. The van der Waals surface area contributed by atoms with E-state index in [0.29, 0.717) is 31.3 Å². The molecule has 0 saturated heterocycles. The number of carboxylic acid groups (broad SMARTS) is 1. The minimum absolute atomic E-state index is 0.0238. The molecule has 0 bridgehead atoms. The number of carboxylic acids is 1. The van der Waals surface area contributed by atoms with E-state index < -0.39 is 11.8 Å². The van der Waals surface area contributed by atoms with Gasteiger partial charge < -0.3 is 9.84 Å². The second-order valence-corrected chi connectivity index (χ2v) is 4.83. The molecule has 0 radical (unpaired) electrons. The third-order valence-electron chi connectivity index (χ3n) is 3.47. The van der Waals surface area contributed by atoms with Gasteiger partial charge in [-0.1, -0.05) is 13.0 Å². The van der Waals surface area contributed by atoms with Gasteiger partial charge in [0.05, 0.1) is 12.2 Å². The zero-order valence-corrected chi connectivity index (χ0v) is 12.2. The molecule has 0 aliphatic heterocycles. The average Bonchev–Trinajstić information content (AvgIpc) is 2.43. The molecule has 1 aromatic carbocycles. The fraction of sp³-hybridized carbons (Fsp3) is 0.533. The first-order valence-corrected chi connectivity index (χ1v) is 6.74. The second-order valence-electron chi connectivity index (χ2n) is 4.83. The number of halogens is 1. The summed E-state index contributed by atoms with van der Waals surface area (Å²) in [6.07, 6.45) is 0.952. The number of ether oxygens (including phenoxy) is 1. The van der Waals surface area contributed by atoms with Crippen molar-refractivity contribution in [3.8, 4) is 0 Å². The number of hydrogen-bond acceptors (Lipinski definition) is 3. The van der Waals surface area contributed by atoms with E-state index in [1.54, 1.807) is 13.2 Å². The van der Waals surface area contributed by atoms with E-state index in [2.05, 4.69) is 18.7 Å². The molecule has 1 unspecified atom stereocenters. The van der Waals surface area contributed by atoms with E-state index in [1.165, 1.54) is 6.07 Å². The number of hydrogen-bond donors (Lipinski definition) is 1. The van der Waals surface area contributed by atoms with Gasteiger partial charge in [-0.25, -0.2) is 9.18 Å². The molecule has 0 heterocycles. The normalized spacial score (nSPS) is 12.7. The first-order valence-electron chi connectivity index (χ1n) is 6.74. The molecule has 5 heteroatoms. The van der Waals surface area contributed by atoms with E-state index in [-0.39, 0.29) is 5.56 Å². The van der Waals surface area contributed by atoms with Crippen molar-refractivity contribution in [2.75, 3.05) is 20.3 Å². The molecule has 0 aliphatic carbocycles. The van der Waals surface area contributed by atoms with Crippen LogP contribution in [0.5, 0.6) is 0 Å². The highest BCUT2D eigenvalue weighted by molar-refractivity contribution is 5.89. The summed E-state index contributed by atoms with van der Waals surface area (Å²) in [6, 6.07) is 4.22. The number of aromatic carboxylic acids is 1. The molecule has 0 spiro atoms. The maximum Gasteiger partial charge on any atom is 0.336 e. The van der Waals surface area contributed by atoms with Crippen LogP contribution in [0.1, 0.15) is 36.2 Å². The number of nitrogens with zero attached hydrogens (tertiary/aromatic N) is 1. The molecule has 4 nitrogen and oxygen atoms in total. The van der Waals surface area contributed by atoms with Crippen LogP contribution in [0.4, 0.5) is 4.39 Å². The predicted molar refractivity (Wildman–Crippen MR) is 75.4 cm³/mol. The molecule has 0 saturated carbocycles. The third kappa shape index (κ3) is 4.58. The highest BCUT2D eigenvalue weighted by Crippen LogP contribution is 2.16. The quantitative estimate of drug-likeness (QED) is 0.797. The van der Waals surface area contributed by atoms with Gasteiger partial charge in [0.15, 0.2) is 0 Å². The van der Waals surface area contributed by atoms with Gasteiger partial charge in [0.25, 0.3) is 0 Å². The van der Waals surface area contributed by atoms with E-state index in [9.17, 15) is 9.18 Å². The largest absolute Gasteiger partial charge is 0.478 e. The Bertz CT molecular complexity index is 451.